The van der Waals surface area contributed by atoms with Gasteiger partial charge in [-0.2, -0.15) is 0 Å². The molecule has 0 aliphatic rings. The molecule has 0 atom stereocenters. The molecule has 0 fully saturated rings. The average Bonchev–Trinajstić information content (AvgIpc) is 2.72. The fourth-order valence-corrected chi connectivity index (χ4v) is 2.23. The molecule has 23 heteroatoms. The fraction of sp³-hybridized carbons (Fsp3) is 0. The number of hydrogen-bond donors (Lipinski definition) is 2. The lowest BCUT2D eigenvalue weighted by molar-refractivity contribution is -0.443. The van der Waals surface area contributed by atoms with Crippen molar-refractivity contribution in [1.82, 2.24) is 0 Å². The Hall–Kier alpha value is -6.16. The lowest BCUT2D eigenvalue weighted by atomic mass is 10.2. The maximum atomic E-state index is 10.6. The first-order chi connectivity index (χ1) is 16.0. The van der Waals surface area contributed by atoms with Gasteiger partial charge in [0.2, 0.25) is 0 Å². The second-order valence-corrected chi connectivity index (χ2v) is 5.59. The molecule has 0 amide bonds. The van der Waals surface area contributed by atoms with Gasteiger partial charge in [0.25, 0.3) is 17.2 Å². The largest absolute Gasteiger partial charge is 0.497 e. The van der Waals surface area contributed by atoms with Gasteiger partial charge in [-0.05, 0) is 0 Å². The summed E-state index contributed by atoms with van der Waals surface area (Å²) in [5, 5.41) is 91.7. The summed E-state index contributed by atoms with van der Waals surface area (Å²) in [6.07, 6.45) is 0. The second kappa shape index (κ2) is 9.97. The van der Waals surface area contributed by atoms with Crippen LogP contribution in [0.5, 0.6) is 11.5 Å². The van der Waals surface area contributed by atoms with Gasteiger partial charge >= 0.3 is 34.1 Å². The van der Waals surface area contributed by atoms with Crippen molar-refractivity contribution in [1.29, 1.82) is 0 Å². The average molecular weight is 503 g/mol. The first kappa shape index (κ1) is 26.9. The zero-order valence-corrected chi connectivity index (χ0v) is 16.0. The Balaban J connectivity index is 0.000000355. The number of phenolic OH excluding ortho intramolecular Hbond substituents is 2. The third-order valence-electron chi connectivity index (χ3n) is 3.62. The van der Waals surface area contributed by atoms with Crippen LogP contribution in [0.15, 0.2) is 18.2 Å². The highest BCUT2D eigenvalue weighted by Gasteiger charge is 2.44. The van der Waals surface area contributed by atoms with E-state index in [0.29, 0.717) is 12.1 Å². The van der Waals surface area contributed by atoms with Gasteiger partial charge in [0, 0.05) is 0 Å². The predicted octanol–water partition coefficient (Wildman–Crippen LogP) is 2.14. The number of nitro groups is 7. The Kier molecular flexibility index (Phi) is 7.66. The molecule has 2 rings (SSSR count). The van der Waals surface area contributed by atoms with Gasteiger partial charge < -0.3 is 10.2 Å². The minimum absolute atomic E-state index is 0.0838. The number of benzene rings is 2. The smallest absolute Gasteiger partial charge is 0.426 e. The van der Waals surface area contributed by atoms with Crippen LogP contribution in [0.3, 0.4) is 0 Å². The fourth-order valence-electron chi connectivity index (χ4n) is 2.23. The summed E-state index contributed by atoms with van der Waals surface area (Å²) >= 11 is 0. The molecule has 0 aliphatic carbocycles. The predicted molar refractivity (Wildman–Crippen MR) is 103 cm³/mol. The molecule has 0 unspecified atom stereocenters. The number of non-ortho nitro benzene ring substituents is 1. The van der Waals surface area contributed by atoms with E-state index in [9.17, 15) is 75.9 Å². The quantitative estimate of drug-likeness (QED) is 0.403. The molecular formula is C12H5N7O16. The number of rotatable bonds is 7. The topological polar surface area (TPSA) is 342 Å². The highest BCUT2D eigenvalue weighted by molar-refractivity contribution is 5.78. The Bertz CT molecular complexity index is 1290. The molecule has 0 bridgehead atoms. The van der Waals surface area contributed by atoms with E-state index in [1.165, 1.54) is 0 Å². The maximum absolute atomic E-state index is 10.6. The minimum Gasteiger partial charge on any atom is -0.497 e. The number of hydrogen-bond acceptors (Lipinski definition) is 16. The Morgan fingerprint density at radius 2 is 0.771 bits per heavy atom. The monoisotopic (exact) mass is 503 g/mol. The molecule has 184 valence electrons. The SMILES string of the molecule is O=[N+]([O-])c1cc([N+](=O)[O-])c(O)c([N+](=O)[O-])c1.O=[N+]([O-])c1cc([N+](=O)[O-])c([N+](=O)[O-])c([N+](=O)[O-])c1O. The van der Waals surface area contributed by atoms with Crippen LogP contribution < -0.4 is 0 Å². The van der Waals surface area contributed by atoms with Gasteiger partial charge in [-0.25, -0.2) is 0 Å². The summed E-state index contributed by atoms with van der Waals surface area (Å²) in [4.78, 5) is 64.3. The highest BCUT2D eigenvalue weighted by Crippen LogP contribution is 2.48. The summed E-state index contributed by atoms with van der Waals surface area (Å²) in [5.74, 6) is -2.83. The van der Waals surface area contributed by atoms with Gasteiger partial charge in [-0.15, -0.1) is 0 Å². The molecule has 0 saturated heterocycles. The van der Waals surface area contributed by atoms with Crippen molar-refractivity contribution in [2.75, 3.05) is 0 Å². The zero-order valence-electron chi connectivity index (χ0n) is 16.0. The summed E-state index contributed by atoms with van der Waals surface area (Å²) in [6, 6.07) is 0.977. The first-order valence-corrected chi connectivity index (χ1v) is 7.80. The van der Waals surface area contributed by atoms with Crippen LogP contribution in [0.25, 0.3) is 0 Å². The molecular weight excluding hydrogens is 498 g/mol. The molecule has 0 aliphatic heterocycles. The van der Waals surface area contributed by atoms with Crippen molar-refractivity contribution >= 4 is 39.8 Å². The maximum Gasteiger partial charge on any atom is 0.426 e. The summed E-state index contributed by atoms with van der Waals surface area (Å²) in [7, 11) is 0. The normalized spacial score (nSPS) is 9.83. The molecule has 0 spiro atoms. The molecule has 0 aromatic heterocycles. The van der Waals surface area contributed by atoms with Crippen LogP contribution in [0.1, 0.15) is 0 Å². The van der Waals surface area contributed by atoms with Gasteiger partial charge in [-0.3, -0.25) is 70.8 Å². The van der Waals surface area contributed by atoms with E-state index in [1.54, 1.807) is 0 Å². The van der Waals surface area contributed by atoms with Gasteiger partial charge in [0.05, 0.1) is 46.6 Å². The van der Waals surface area contributed by atoms with Crippen LogP contribution in [-0.2, 0) is 0 Å². The third-order valence-corrected chi connectivity index (χ3v) is 3.62. The Labute approximate surface area is 186 Å². The van der Waals surface area contributed by atoms with E-state index >= 15 is 0 Å². The summed E-state index contributed by atoms with van der Waals surface area (Å²) < 4.78 is 0. The third kappa shape index (κ3) is 5.56. The minimum atomic E-state index is -1.70. The Morgan fingerprint density at radius 1 is 0.429 bits per heavy atom. The standard InChI is InChI=1S/C6H2N4O9.C6H3N3O7/c11-6-3(8(14)15)1-2(7(12)13)4(9(16)17)5(6)10(18)19;10-6-4(8(13)14)1-3(7(11)12)2-5(6)9(15)16/h1,11H;1-2,10H. The second-order valence-electron chi connectivity index (χ2n) is 5.59. The number of nitro benzene ring substituents is 7. The first-order valence-electron chi connectivity index (χ1n) is 7.80. The van der Waals surface area contributed by atoms with Crippen molar-refractivity contribution in [3.05, 3.63) is 89.0 Å². The highest BCUT2D eigenvalue weighted by atomic mass is 16.7. The van der Waals surface area contributed by atoms with E-state index in [2.05, 4.69) is 0 Å². The van der Waals surface area contributed by atoms with Crippen LogP contribution in [-0.4, -0.2) is 44.7 Å². The van der Waals surface area contributed by atoms with Crippen LogP contribution in [0.4, 0.5) is 39.8 Å². The molecule has 2 aromatic carbocycles. The summed E-state index contributed by atoms with van der Waals surface area (Å²) in [5.41, 5.74) is -9.16. The van der Waals surface area contributed by atoms with E-state index in [1.807, 2.05) is 0 Å². The van der Waals surface area contributed by atoms with Gasteiger partial charge in [0.15, 0.2) is 0 Å². The number of aromatic hydroxyl groups is 2. The molecule has 0 saturated carbocycles. The van der Waals surface area contributed by atoms with Crippen LogP contribution >= 0.6 is 0 Å². The number of nitrogens with zero attached hydrogens (tertiary/aromatic N) is 7. The summed E-state index contributed by atoms with van der Waals surface area (Å²) in [6.45, 7) is 0. The van der Waals surface area contributed by atoms with E-state index < -0.39 is 85.8 Å². The molecule has 35 heavy (non-hydrogen) atoms. The molecule has 0 heterocycles. The lowest BCUT2D eigenvalue weighted by Gasteiger charge is -2.00. The lowest BCUT2D eigenvalue weighted by Crippen LogP contribution is -2.03. The molecule has 0 radical (unpaired) electrons. The van der Waals surface area contributed by atoms with Crippen molar-refractivity contribution in [2.24, 2.45) is 0 Å². The van der Waals surface area contributed by atoms with Crippen LogP contribution in [0.2, 0.25) is 0 Å². The molecule has 2 N–H and O–H groups in total. The molecule has 2 aromatic rings. The molecule has 23 nitrogen and oxygen atoms in total. The van der Waals surface area contributed by atoms with Gasteiger partial charge in [0.1, 0.15) is 6.07 Å². The van der Waals surface area contributed by atoms with Gasteiger partial charge in [-0.1, -0.05) is 0 Å². The van der Waals surface area contributed by atoms with E-state index in [-0.39, 0.29) is 6.07 Å². The zero-order chi connectivity index (χ0) is 27.4. The Morgan fingerprint density at radius 3 is 1.06 bits per heavy atom. The van der Waals surface area contributed by atoms with E-state index in [4.69, 9.17) is 5.11 Å². The van der Waals surface area contributed by atoms with E-state index in [0.717, 1.165) is 0 Å². The van der Waals surface area contributed by atoms with Crippen molar-refractivity contribution in [3.63, 3.8) is 0 Å². The van der Waals surface area contributed by atoms with Crippen molar-refractivity contribution < 1.29 is 44.7 Å². The van der Waals surface area contributed by atoms with Crippen molar-refractivity contribution in [3.8, 4) is 11.5 Å². The van der Waals surface area contributed by atoms with Crippen LogP contribution in [0, 0.1) is 70.8 Å². The van der Waals surface area contributed by atoms with Crippen molar-refractivity contribution in [2.45, 2.75) is 0 Å². The number of phenols is 2.